The molecule has 0 aliphatic carbocycles. The molecule has 1 aliphatic rings. The van der Waals surface area contributed by atoms with Crippen molar-refractivity contribution in [2.24, 2.45) is 0 Å². The third-order valence-electron chi connectivity index (χ3n) is 3.11. The number of hydrogen-bond acceptors (Lipinski definition) is 3. The molecular weight excluding hydrogens is 324 g/mol. The van der Waals surface area contributed by atoms with Crippen LogP contribution < -0.4 is 10.1 Å². The van der Waals surface area contributed by atoms with Crippen molar-refractivity contribution in [1.29, 1.82) is 0 Å². The van der Waals surface area contributed by atoms with E-state index in [0.29, 0.717) is 6.54 Å². The largest absolute Gasteiger partial charge is 0.487 e. The van der Waals surface area contributed by atoms with Gasteiger partial charge in [0.1, 0.15) is 12.4 Å². The molecule has 0 amide bonds. The van der Waals surface area contributed by atoms with Gasteiger partial charge < -0.3 is 10.1 Å². The van der Waals surface area contributed by atoms with Crippen LogP contribution in [0.5, 0.6) is 5.75 Å². The second kappa shape index (κ2) is 5.31. The topological polar surface area (TPSA) is 34.1 Å². The fourth-order valence-electron chi connectivity index (χ4n) is 2.17. The minimum Gasteiger partial charge on any atom is -0.487 e. The summed E-state index contributed by atoms with van der Waals surface area (Å²) in [5, 5.41) is 3.00. The van der Waals surface area contributed by atoms with Crippen LogP contribution in [0.2, 0.25) is 5.02 Å². The van der Waals surface area contributed by atoms with Crippen LogP contribution >= 0.6 is 11.6 Å². The van der Waals surface area contributed by atoms with Crippen molar-refractivity contribution in [2.45, 2.75) is 6.18 Å². The van der Waals surface area contributed by atoms with E-state index in [0.717, 1.165) is 6.07 Å². The molecule has 8 heteroatoms. The molecule has 0 saturated carbocycles. The molecule has 1 aliphatic heterocycles. The summed E-state index contributed by atoms with van der Waals surface area (Å²) >= 11 is 5.78. The molecule has 1 N–H and O–H groups in total. The third kappa shape index (κ3) is 2.68. The van der Waals surface area contributed by atoms with E-state index in [1.54, 1.807) is 0 Å². The summed E-state index contributed by atoms with van der Waals surface area (Å²) in [6, 6.07) is 4.94. The number of aromatic nitrogens is 1. The van der Waals surface area contributed by atoms with E-state index in [2.05, 4.69) is 10.3 Å². The van der Waals surface area contributed by atoms with E-state index in [1.165, 1.54) is 18.2 Å². The van der Waals surface area contributed by atoms with Crippen LogP contribution in [0, 0.1) is 5.82 Å². The lowest BCUT2D eigenvalue weighted by Gasteiger charge is -2.23. The smallest absolute Gasteiger partial charge is 0.437 e. The normalized spacial score (nSPS) is 14.0. The van der Waals surface area contributed by atoms with Gasteiger partial charge in [-0.1, -0.05) is 11.6 Å². The number of alkyl halides is 3. The summed E-state index contributed by atoms with van der Waals surface area (Å²) in [4.78, 5) is 3.54. The molecule has 3 rings (SSSR count). The van der Waals surface area contributed by atoms with Crippen LogP contribution in [-0.4, -0.2) is 18.1 Å². The van der Waals surface area contributed by atoms with Gasteiger partial charge in [0.25, 0.3) is 0 Å². The number of hydrogen-bond donors (Lipinski definition) is 1. The summed E-state index contributed by atoms with van der Waals surface area (Å²) in [7, 11) is 0. The Kier molecular flexibility index (Phi) is 3.60. The first kappa shape index (κ1) is 14.9. The minimum absolute atomic E-state index is 0.0998. The second-order valence-electron chi connectivity index (χ2n) is 4.63. The molecule has 0 bridgehead atoms. The van der Waals surface area contributed by atoms with Crippen molar-refractivity contribution in [3.63, 3.8) is 0 Å². The maximum Gasteiger partial charge on any atom is 0.437 e. The standard InChI is InChI=1S/C14H9ClF4N2O/c15-7-1-2-9(16)8(5-7)10-6-11-12(22-4-3-20-11)13(21-10)14(17,18)19/h1-2,5-6,20H,3-4H2. The number of pyridine rings is 1. The quantitative estimate of drug-likeness (QED) is 0.788. The SMILES string of the molecule is Fc1ccc(Cl)cc1-c1cc2c(c(C(F)(F)F)n1)OCCN2. The lowest BCUT2D eigenvalue weighted by atomic mass is 10.1. The van der Waals surface area contributed by atoms with E-state index in [9.17, 15) is 17.6 Å². The molecule has 1 aromatic heterocycles. The van der Waals surface area contributed by atoms with Gasteiger partial charge in [-0.15, -0.1) is 0 Å². The summed E-state index contributed by atoms with van der Waals surface area (Å²) in [5.41, 5.74) is -1.33. The number of nitrogens with one attached hydrogen (secondary N) is 1. The summed E-state index contributed by atoms with van der Waals surface area (Å²) < 4.78 is 58.4. The van der Waals surface area contributed by atoms with Crippen molar-refractivity contribution in [3.05, 3.63) is 40.8 Å². The molecule has 0 spiro atoms. The van der Waals surface area contributed by atoms with Gasteiger partial charge in [0.05, 0.1) is 11.4 Å². The van der Waals surface area contributed by atoms with Crippen molar-refractivity contribution >= 4 is 17.3 Å². The maximum absolute atomic E-state index is 13.9. The number of fused-ring (bicyclic) bond motifs is 1. The first-order chi connectivity index (χ1) is 10.4. The zero-order valence-electron chi connectivity index (χ0n) is 11.0. The van der Waals surface area contributed by atoms with Gasteiger partial charge in [0.15, 0.2) is 11.4 Å². The molecule has 0 atom stereocenters. The average Bonchev–Trinajstić information content (AvgIpc) is 2.47. The Morgan fingerprint density at radius 1 is 1.23 bits per heavy atom. The van der Waals surface area contributed by atoms with Crippen LogP contribution in [0.25, 0.3) is 11.3 Å². The molecule has 3 nitrogen and oxygen atoms in total. The Bertz CT molecular complexity index is 734. The van der Waals surface area contributed by atoms with Gasteiger partial charge in [-0.05, 0) is 24.3 Å². The fraction of sp³-hybridized carbons (Fsp3) is 0.214. The number of nitrogens with zero attached hydrogens (tertiary/aromatic N) is 1. The first-order valence-corrected chi connectivity index (χ1v) is 6.68. The van der Waals surface area contributed by atoms with Gasteiger partial charge in [-0.25, -0.2) is 9.37 Å². The van der Waals surface area contributed by atoms with Crippen LogP contribution in [0.4, 0.5) is 23.2 Å². The predicted octanol–water partition coefficient (Wildman–Crippen LogP) is 4.36. The zero-order chi connectivity index (χ0) is 15.9. The molecular formula is C14H9ClF4N2O. The Hall–Kier alpha value is -2.02. The monoisotopic (exact) mass is 332 g/mol. The van der Waals surface area contributed by atoms with Gasteiger partial charge in [-0.3, -0.25) is 0 Å². The lowest BCUT2D eigenvalue weighted by molar-refractivity contribution is -0.142. The van der Waals surface area contributed by atoms with Gasteiger partial charge in [-0.2, -0.15) is 13.2 Å². The molecule has 116 valence electrons. The van der Waals surface area contributed by atoms with Gasteiger partial charge in [0.2, 0.25) is 0 Å². The number of benzene rings is 1. The highest BCUT2D eigenvalue weighted by Crippen LogP contribution is 2.42. The fourth-order valence-corrected chi connectivity index (χ4v) is 2.35. The summed E-state index contributed by atoms with van der Waals surface area (Å²) in [5.74, 6) is -1.08. The Balaban J connectivity index is 2.23. The van der Waals surface area contributed by atoms with Crippen molar-refractivity contribution < 1.29 is 22.3 Å². The number of halogens is 5. The molecule has 0 unspecified atom stereocenters. The minimum atomic E-state index is -4.71. The number of rotatable bonds is 1. The third-order valence-corrected chi connectivity index (χ3v) is 3.34. The maximum atomic E-state index is 13.9. The molecule has 0 saturated heterocycles. The van der Waals surface area contributed by atoms with E-state index in [4.69, 9.17) is 16.3 Å². The van der Waals surface area contributed by atoms with E-state index in [1.807, 2.05) is 0 Å². The van der Waals surface area contributed by atoms with Crippen LogP contribution in [0.1, 0.15) is 5.69 Å². The van der Waals surface area contributed by atoms with Gasteiger partial charge >= 0.3 is 6.18 Å². The highest BCUT2D eigenvalue weighted by Gasteiger charge is 2.39. The van der Waals surface area contributed by atoms with Crippen LogP contribution in [-0.2, 0) is 6.18 Å². The molecule has 1 aromatic carbocycles. The highest BCUT2D eigenvalue weighted by atomic mass is 35.5. The Labute approximate surface area is 127 Å². The molecule has 0 fully saturated rings. The predicted molar refractivity (Wildman–Crippen MR) is 73.6 cm³/mol. The first-order valence-electron chi connectivity index (χ1n) is 6.30. The van der Waals surface area contributed by atoms with E-state index >= 15 is 0 Å². The Morgan fingerprint density at radius 2 is 2.00 bits per heavy atom. The number of ether oxygens (including phenoxy) is 1. The zero-order valence-corrected chi connectivity index (χ0v) is 11.7. The van der Waals surface area contributed by atoms with Crippen LogP contribution in [0.3, 0.4) is 0 Å². The summed E-state index contributed by atoms with van der Waals surface area (Å²) in [6.07, 6.45) is -4.71. The highest BCUT2D eigenvalue weighted by molar-refractivity contribution is 6.30. The van der Waals surface area contributed by atoms with Crippen molar-refractivity contribution in [3.8, 4) is 17.0 Å². The van der Waals surface area contributed by atoms with Crippen molar-refractivity contribution in [2.75, 3.05) is 18.5 Å². The van der Waals surface area contributed by atoms with E-state index < -0.39 is 17.7 Å². The average molecular weight is 333 g/mol. The van der Waals surface area contributed by atoms with Gasteiger partial charge in [0, 0.05) is 17.1 Å². The molecule has 22 heavy (non-hydrogen) atoms. The number of anilines is 1. The van der Waals surface area contributed by atoms with Crippen LogP contribution in [0.15, 0.2) is 24.3 Å². The second-order valence-corrected chi connectivity index (χ2v) is 5.07. The lowest BCUT2D eigenvalue weighted by Crippen LogP contribution is -2.22. The molecule has 2 aromatic rings. The van der Waals surface area contributed by atoms with Crippen molar-refractivity contribution in [1.82, 2.24) is 4.98 Å². The Morgan fingerprint density at radius 3 is 2.73 bits per heavy atom. The summed E-state index contributed by atoms with van der Waals surface area (Å²) in [6.45, 7) is 0.453. The molecule has 0 radical (unpaired) electrons. The molecule has 2 heterocycles. The van der Waals surface area contributed by atoms with E-state index in [-0.39, 0.29) is 34.3 Å².